The van der Waals surface area contributed by atoms with Gasteiger partial charge < -0.3 is 30.7 Å². The highest BCUT2D eigenvalue weighted by Gasteiger charge is 2.38. The number of alkyl halides is 3. The summed E-state index contributed by atoms with van der Waals surface area (Å²) in [6, 6.07) is 10.0. The summed E-state index contributed by atoms with van der Waals surface area (Å²) in [6.07, 6.45) is -1.70. The van der Waals surface area contributed by atoms with Crippen molar-refractivity contribution in [1.29, 1.82) is 0 Å². The summed E-state index contributed by atoms with van der Waals surface area (Å²) in [5.41, 5.74) is 6.10. The molecule has 52 heavy (non-hydrogen) atoms. The Labute approximate surface area is 307 Å². The Kier molecular flexibility index (Phi) is 11.5. The lowest BCUT2D eigenvalue weighted by molar-refractivity contribution is -0.143. The molecule has 3 saturated heterocycles. The van der Waals surface area contributed by atoms with E-state index in [9.17, 15) is 32.3 Å². The third-order valence-electron chi connectivity index (χ3n) is 11.2. The third kappa shape index (κ3) is 8.60. The van der Waals surface area contributed by atoms with Crippen molar-refractivity contribution in [2.45, 2.75) is 70.1 Å². The van der Waals surface area contributed by atoms with Gasteiger partial charge in [0.1, 0.15) is 0 Å². The molecule has 0 unspecified atom stereocenters. The van der Waals surface area contributed by atoms with E-state index in [1.54, 1.807) is 16.7 Å². The molecule has 0 spiro atoms. The first-order chi connectivity index (χ1) is 24.8. The number of amides is 5. The summed E-state index contributed by atoms with van der Waals surface area (Å²) >= 11 is 6.15. The number of nitrogens with one attached hydrogen (secondary N) is 1. The number of fused-ring (bicyclic) bond motifs is 1. The molecule has 2 aromatic carbocycles. The Morgan fingerprint density at radius 1 is 0.885 bits per heavy atom. The van der Waals surface area contributed by atoms with Crippen molar-refractivity contribution in [1.82, 2.24) is 24.5 Å². The topological polar surface area (TPSA) is 123 Å². The lowest BCUT2D eigenvalue weighted by atomic mass is 9.91. The van der Waals surface area contributed by atoms with Gasteiger partial charge in [-0.25, -0.2) is 4.79 Å². The summed E-state index contributed by atoms with van der Waals surface area (Å²) in [7, 11) is 0. The molecule has 15 heteroatoms. The molecule has 0 radical (unpaired) electrons. The Balaban J connectivity index is 1.11. The van der Waals surface area contributed by atoms with Gasteiger partial charge in [0.25, 0.3) is 0 Å². The van der Waals surface area contributed by atoms with E-state index >= 15 is 0 Å². The molecule has 0 aliphatic carbocycles. The highest BCUT2D eigenvalue weighted by molar-refractivity contribution is 6.33. The van der Waals surface area contributed by atoms with Crippen LogP contribution in [0.5, 0.6) is 0 Å². The normalized spacial score (nSPS) is 20.3. The number of nitrogens with two attached hydrogens (primary N) is 1. The summed E-state index contributed by atoms with van der Waals surface area (Å²) < 4.78 is 41.6. The van der Waals surface area contributed by atoms with E-state index in [1.165, 1.54) is 6.07 Å². The van der Waals surface area contributed by atoms with Crippen molar-refractivity contribution in [3.63, 3.8) is 0 Å². The number of nitrogens with zero attached hydrogens (tertiary/aromatic N) is 5. The Morgan fingerprint density at radius 3 is 2.17 bits per heavy atom. The maximum Gasteiger partial charge on any atom is 0.418 e. The van der Waals surface area contributed by atoms with Crippen LogP contribution in [0.25, 0.3) is 0 Å². The van der Waals surface area contributed by atoms with Gasteiger partial charge >= 0.3 is 12.2 Å². The van der Waals surface area contributed by atoms with Crippen molar-refractivity contribution in [3.8, 4) is 0 Å². The quantitative estimate of drug-likeness (QED) is 0.396. The number of urea groups is 1. The molecule has 3 fully saturated rings. The summed E-state index contributed by atoms with van der Waals surface area (Å²) in [4.78, 5) is 62.3. The number of likely N-dealkylation sites (tertiary alicyclic amines) is 2. The monoisotopic (exact) mass is 745 g/mol. The second-order valence-electron chi connectivity index (χ2n) is 14.4. The SMILES string of the molecule is CC(=O)N1CCN(C2CCN(C(=O)[C@H](CC(=O)N3CCC(N4CCc5ccccc5NC4=O)CC3)Cc3cc(Cl)c(N)c(C(F)(F)F)c3)CC2)CC1. The number of hydrogen-bond donors (Lipinski definition) is 2. The number of anilines is 2. The average Bonchev–Trinajstić information content (AvgIpc) is 3.30. The van der Waals surface area contributed by atoms with Gasteiger partial charge in [0.15, 0.2) is 0 Å². The number of para-hydroxylation sites is 1. The van der Waals surface area contributed by atoms with Crippen molar-refractivity contribution < 1.29 is 32.3 Å². The third-order valence-corrected chi connectivity index (χ3v) is 11.5. The lowest BCUT2D eigenvalue weighted by Crippen LogP contribution is -2.55. The van der Waals surface area contributed by atoms with Crippen LogP contribution in [0, 0.1) is 5.92 Å². The zero-order valence-electron chi connectivity index (χ0n) is 29.5. The molecule has 3 N–H and O–H groups in total. The lowest BCUT2D eigenvalue weighted by Gasteiger charge is -2.43. The van der Waals surface area contributed by atoms with E-state index in [2.05, 4.69) is 10.2 Å². The fraction of sp³-hybridized carbons (Fsp3) is 0.568. The van der Waals surface area contributed by atoms with Gasteiger partial charge in [0.2, 0.25) is 17.7 Å². The highest BCUT2D eigenvalue weighted by Crippen LogP contribution is 2.38. The van der Waals surface area contributed by atoms with Crippen LogP contribution < -0.4 is 11.1 Å². The molecule has 0 bridgehead atoms. The van der Waals surface area contributed by atoms with Crippen LogP contribution in [0.1, 0.15) is 55.7 Å². The van der Waals surface area contributed by atoms with E-state index < -0.39 is 23.3 Å². The van der Waals surface area contributed by atoms with E-state index in [4.69, 9.17) is 17.3 Å². The molecule has 0 saturated carbocycles. The van der Waals surface area contributed by atoms with Gasteiger partial charge in [0, 0.05) is 90.0 Å². The van der Waals surface area contributed by atoms with Gasteiger partial charge in [-0.15, -0.1) is 0 Å². The average molecular weight is 746 g/mol. The van der Waals surface area contributed by atoms with Crippen LogP contribution in [0.3, 0.4) is 0 Å². The number of halogens is 4. The van der Waals surface area contributed by atoms with Crippen molar-refractivity contribution in [2.75, 3.05) is 70.0 Å². The Morgan fingerprint density at radius 2 is 1.52 bits per heavy atom. The molecule has 1 atom stereocenters. The highest BCUT2D eigenvalue weighted by atomic mass is 35.5. The molecular weight excluding hydrogens is 699 g/mol. The van der Waals surface area contributed by atoms with Gasteiger partial charge in [-0.1, -0.05) is 29.8 Å². The van der Waals surface area contributed by atoms with Crippen LogP contribution in [0.2, 0.25) is 5.02 Å². The first-order valence-corrected chi connectivity index (χ1v) is 18.5. The van der Waals surface area contributed by atoms with Gasteiger partial charge in [-0.3, -0.25) is 19.3 Å². The first kappa shape index (κ1) is 37.7. The van der Waals surface area contributed by atoms with Crippen LogP contribution in [0.15, 0.2) is 36.4 Å². The van der Waals surface area contributed by atoms with Crippen LogP contribution in [-0.4, -0.2) is 119 Å². The largest absolute Gasteiger partial charge is 0.418 e. The minimum Gasteiger partial charge on any atom is -0.397 e. The summed E-state index contributed by atoms with van der Waals surface area (Å²) in [6.45, 7) is 6.72. The van der Waals surface area contributed by atoms with E-state index in [0.29, 0.717) is 58.7 Å². The molecule has 0 aromatic heterocycles. The van der Waals surface area contributed by atoms with Gasteiger partial charge in [-0.05, 0) is 67.9 Å². The minimum atomic E-state index is -4.74. The van der Waals surface area contributed by atoms with E-state index in [1.807, 2.05) is 34.1 Å². The predicted molar refractivity (Wildman–Crippen MR) is 192 cm³/mol. The number of carbonyl (C=O) groups excluding carboxylic acids is 4. The minimum absolute atomic E-state index is 0.0553. The number of rotatable bonds is 7. The van der Waals surface area contributed by atoms with Crippen LogP contribution in [-0.2, 0) is 33.4 Å². The van der Waals surface area contributed by atoms with Crippen molar-refractivity contribution in [3.05, 3.63) is 58.1 Å². The van der Waals surface area contributed by atoms with Crippen molar-refractivity contribution >= 4 is 46.7 Å². The Hall–Kier alpha value is -4.04. The summed E-state index contributed by atoms with van der Waals surface area (Å²) in [5, 5.41) is 2.75. The smallest absolute Gasteiger partial charge is 0.397 e. The van der Waals surface area contributed by atoms with Crippen LogP contribution >= 0.6 is 11.6 Å². The van der Waals surface area contributed by atoms with Crippen LogP contribution in [0.4, 0.5) is 29.3 Å². The second-order valence-corrected chi connectivity index (χ2v) is 14.8. The number of benzene rings is 2. The van der Waals surface area contributed by atoms with Gasteiger partial charge in [0.05, 0.1) is 22.2 Å². The molecule has 2 aromatic rings. The molecule has 5 amide bonds. The number of hydrogen-bond acceptors (Lipinski definition) is 6. The zero-order valence-corrected chi connectivity index (χ0v) is 30.2. The second kappa shape index (κ2) is 15.9. The zero-order chi connectivity index (χ0) is 37.2. The predicted octanol–water partition coefficient (Wildman–Crippen LogP) is 4.73. The fourth-order valence-corrected chi connectivity index (χ4v) is 8.42. The van der Waals surface area contributed by atoms with E-state index in [-0.39, 0.29) is 59.3 Å². The van der Waals surface area contributed by atoms with Gasteiger partial charge in [-0.2, -0.15) is 13.2 Å². The standard InChI is InChI=1S/C37H47ClF3N7O4/c1-24(49)44-16-18-45(19-17-44)28-7-13-47(14-8-28)35(51)27(20-25-21-30(37(39,40)41)34(42)31(38)22-25)23-33(50)46-11-9-29(10-12-46)48-15-6-26-4-2-3-5-32(26)43-36(48)52/h2-5,21-22,27-29H,6-20,23,42H2,1H3,(H,43,52)/t27-/m0/s1. The molecule has 282 valence electrons. The molecule has 6 rings (SSSR count). The number of piperazine rings is 1. The molecular formula is C37H47ClF3N7O4. The molecule has 4 aliphatic heterocycles. The molecule has 4 aliphatic rings. The number of piperidine rings is 2. The molecule has 4 heterocycles. The van der Waals surface area contributed by atoms with E-state index in [0.717, 1.165) is 49.7 Å². The maximum atomic E-state index is 14.1. The van der Waals surface area contributed by atoms with Crippen molar-refractivity contribution in [2.24, 2.45) is 5.92 Å². The summed E-state index contributed by atoms with van der Waals surface area (Å²) in [5.74, 6) is -1.37. The maximum absolute atomic E-state index is 14.1. The molecule has 11 nitrogen and oxygen atoms in total. The number of nitrogen functional groups attached to an aromatic ring is 1. The Bertz CT molecular complexity index is 1650. The fourth-order valence-electron chi connectivity index (χ4n) is 8.17. The number of carbonyl (C=O) groups is 4. The first-order valence-electron chi connectivity index (χ1n) is 18.1.